The molecule has 0 aromatic rings. The number of esters is 1. The Morgan fingerprint density at radius 1 is 0.533 bits per heavy atom. The molecule has 1 rings (SSSR count). The Bertz CT molecular complexity index is 591. The summed E-state index contributed by atoms with van der Waals surface area (Å²) in [5, 5.41) is 0. The molecule has 0 N–H and O–H groups in total. The Morgan fingerprint density at radius 2 is 0.933 bits per heavy atom. The van der Waals surface area contributed by atoms with Gasteiger partial charge in [0.05, 0.1) is 25.2 Å². The topological polar surface area (TPSA) is 60.5 Å². The van der Waals surface area contributed by atoms with Gasteiger partial charge in [0.2, 0.25) is 0 Å². The highest BCUT2D eigenvalue weighted by molar-refractivity contribution is 5.69. The zero-order valence-corrected chi connectivity index (χ0v) is 30.6. The van der Waals surface area contributed by atoms with Crippen LogP contribution in [0, 0.1) is 5.41 Å². The molecule has 45 heavy (non-hydrogen) atoms. The number of carbonyl (C=O) groups excluding carboxylic acids is 1. The summed E-state index contributed by atoms with van der Waals surface area (Å²) in [6, 6.07) is 0. The minimum Gasteiger partial charge on any atom is -0.465 e. The molecule has 0 aromatic heterocycles. The Balaban J connectivity index is 2.66. The average Bonchev–Trinajstić information content (AvgIpc) is 3.04. The minimum absolute atomic E-state index is 0.115. The monoisotopic (exact) mass is 641 g/mol. The maximum absolute atomic E-state index is 12.9. The van der Waals surface area contributed by atoms with E-state index >= 15 is 0 Å². The van der Waals surface area contributed by atoms with E-state index in [1.54, 1.807) is 0 Å². The van der Waals surface area contributed by atoms with Gasteiger partial charge in [-0.3, -0.25) is 4.79 Å². The molecule has 7 heteroatoms. The van der Waals surface area contributed by atoms with E-state index < -0.39 is 5.41 Å². The zero-order valence-electron chi connectivity index (χ0n) is 30.6. The molecule has 1 aliphatic heterocycles. The molecule has 0 radical (unpaired) electrons. The van der Waals surface area contributed by atoms with E-state index in [0.29, 0.717) is 32.8 Å². The van der Waals surface area contributed by atoms with Crippen LogP contribution in [0.1, 0.15) is 149 Å². The second kappa shape index (κ2) is 30.6. The van der Waals surface area contributed by atoms with Crippen LogP contribution in [0.3, 0.4) is 0 Å². The van der Waals surface area contributed by atoms with Gasteiger partial charge >= 0.3 is 5.97 Å². The maximum atomic E-state index is 12.9. The first-order valence-corrected chi connectivity index (χ1v) is 19.3. The summed E-state index contributed by atoms with van der Waals surface area (Å²) in [5.41, 5.74) is -0.472. The van der Waals surface area contributed by atoms with Crippen molar-refractivity contribution in [2.24, 2.45) is 5.41 Å². The van der Waals surface area contributed by atoms with Gasteiger partial charge in [0.1, 0.15) is 6.61 Å². The van der Waals surface area contributed by atoms with E-state index in [4.69, 9.17) is 18.9 Å². The summed E-state index contributed by atoms with van der Waals surface area (Å²) < 4.78 is 24.8. The van der Waals surface area contributed by atoms with Crippen molar-refractivity contribution in [1.29, 1.82) is 0 Å². The molecule has 1 aliphatic rings. The largest absolute Gasteiger partial charge is 0.465 e. The van der Waals surface area contributed by atoms with Crippen molar-refractivity contribution in [2.75, 3.05) is 86.0 Å². The summed E-state index contributed by atoms with van der Waals surface area (Å²) in [7, 11) is 2.17. The van der Waals surface area contributed by atoms with Gasteiger partial charge in [-0.15, -0.1) is 0 Å². The van der Waals surface area contributed by atoms with Crippen molar-refractivity contribution >= 4 is 5.97 Å². The predicted molar refractivity (Wildman–Crippen MR) is 189 cm³/mol. The Hall–Kier alpha value is -0.730. The highest BCUT2D eigenvalue weighted by atomic mass is 16.5. The number of hydrogen-bond donors (Lipinski definition) is 0. The molecule has 0 unspecified atom stereocenters. The van der Waals surface area contributed by atoms with E-state index in [0.717, 1.165) is 78.2 Å². The number of piperazine rings is 1. The lowest BCUT2D eigenvalue weighted by molar-refractivity contribution is -0.156. The SMILES string of the molecule is CCCCCCCCOCC(COCCCCCCCC)(COCCCCCCCC)COC(=O)CCCN1CCN(C)CC1. The van der Waals surface area contributed by atoms with Crippen LogP contribution < -0.4 is 0 Å². The second-order valence-electron chi connectivity index (χ2n) is 13.9. The first kappa shape index (κ1) is 42.3. The molecule has 0 aromatic carbocycles. The van der Waals surface area contributed by atoms with E-state index in [2.05, 4.69) is 37.6 Å². The van der Waals surface area contributed by atoms with Gasteiger partial charge in [0.15, 0.2) is 0 Å². The predicted octanol–water partition coefficient (Wildman–Crippen LogP) is 8.67. The van der Waals surface area contributed by atoms with Gasteiger partial charge in [0.25, 0.3) is 0 Å². The second-order valence-corrected chi connectivity index (χ2v) is 13.9. The van der Waals surface area contributed by atoms with Crippen LogP contribution in [0.2, 0.25) is 0 Å². The van der Waals surface area contributed by atoms with E-state index in [1.807, 2.05) is 0 Å². The molecule has 1 heterocycles. The van der Waals surface area contributed by atoms with E-state index in [1.165, 1.54) is 96.3 Å². The third kappa shape index (κ3) is 25.0. The first-order valence-electron chi connectivity index (χ1n) is 19.3. The lowest BCUT2D eigenvalue weighted by Crippen LogP contribution is -2.44. The van der Waals surface area contributed by atoms with E-state index in [9.17, 15) is 4.79 Å². The van der Waals surface area contributed by atoms with Crippen molar-refractivity contribution in [3.63, 3.8) is 0 Å². The first-order chi connectivity index (χ1) is 22.0. The number of ether oxygens (including phenoxy) is 4. The summed E-state index contributed by atoms with van der Waals surface area (Å²) in [6.07, 6.45) is 23.6. The van der Waals surface area contributed by atoms with Crippen LogP contribution >= 0.6 is 0 Å². The van der Waals surface area contributed by atoms with E-state index in [-0.39, 0.29) is 5.97 Å². The Kier molecular flexibility index (Phi) is 28.8. The maximum Gasteiger partial charge on any atom is 0.305 e. The number of rotatable bonds is 33. The molecular weight excluding hydrogens is 564 g/mol. The molecule has 0 amide bonds. The fraction of sp³-hybridized carbons (Fsp3) is 0.974. The Morgan fingerprint density at radius 3 is 1.36 bits per heavy atom. The summed E-state index contributed by atoms with van der Waals surface area (Å²) in [5.74, 6) is -0.115. The third-order valence-corrected chi connectivity index (χ3v) is 9.14. The summed E-state index contributed by atoms with van der Waals surface area (Å²) in [6.45, 7) is 16.1. The molecule has 0 atom stereocenters. The van der Waals surface area contributed by atoms with Gasteiger partial charge in [-0.25, -0.2) is 0 Å². The van der Waals surface area contributed by atoms with Gasteiger partial charge in [-0.1, -0.05) is 117 Å². The van der Waals surface area contributed by atoms with Crippen molar-refractivity contribution in [1.82, 2.24) is 9.80 Å². The number of nitrogens with zero attached hydrogens (tertiary/aromatic N) is 2. The van der Waals surface area contributed by atoms with Crippen molar-refractivity contribution in [2.45, 2.75) is 149 Å². The number of carbonyl (C=O) groups is 1. The molecule has 1 saturated heterocycles. The number of likely N-dealkylation sites (N-methyl/N-ethyl adjacent to an activating group) is 1. The third-order valence-electron chi connectivity index (χ3n) is 9.14. The average molecular weight is 641 g/mol. The van der Waals surface area contributed by atoms with Crippen LogP contribution in [0.4, 0.5) is 0 Å². The van der Waals surface area contributed by atoms with Gasteiger partial charge in [0, 0.05) is 52.4 Å². The van der Waals surface area contributed by atoms with Crippen molar-refractivity contribution in [3.05, 3.63) is 0 Å². The minimum atomic E-state index is -0.472. The van der Waals surface area contributed by atoms with Gasteiger partial charge in [-0.05, 0) is 39.3 Å². The highest BCUT2D eigenvalue weighted by Crippen LogP contribution is 2.23. The summed E-state index contributed by atoms with van der Waals surface area (Å²) >= 11 is 0. The highest BCUT2D eigenvalue weighted by Gasteiger charge is 2.34. The quantitative estimate of drug-likeness (QED) is 0.0525. The van der Waals surface area contributed by atoms with Gasteiger partial charge < -0.3 is 28.7 Å². The molecule has 268 valence electrons. The van der Waals surface area contributed by atoms with Crippen LogP contribution in [0.15, 0.2) is 0 Å². The molecule has 0 spiro atoms. The van der Waals surface area contributed by atoms with Gasteiger partial charge in [-0.2, -0.15) is 0 Å². The smallest absolute Gasteiger partial charge is 0.305 e. The molecule has 0 aliphatic carbocycles. The lowest BCUT2D eigenvalue weighted by atomic mass is 9.92. The van der Waals surface area contributed by atoms with Crippen LogP contribution in [-0.4, -0.2) is 102 Å². The van der Waals surface area contributed by atoms with Crippen molar-refractivity contribution in [3.8, 4) is 0 Å². The van der Waals surface area contributed by atoms with Crippen LogP contribution in [0.25, 0.3) is 0 Å². The van der Waals surface area contributed by atoms with Crippen LogP contribution in [-0.2, 0) is 23.7 Å². The lowest BCUT2D eigenvalue weighted by Gasteiger charge is -2.33. The number of hydrogen-bond acceptors (Lipinski definition) is 7. The molecule has 7 nitrogen and oxygen atoms in total. The Labute approximate surface area is 279 Å². The van der Waals surface area contributed by atoms with Crippen molar-refractivity contribution < 1.29 is 23.7 Å². The normalized spacial score (nSPS) is 14.8. The summed E-state index contributed by atoms with van der Waals surface area (Å²) in [4.78, 5) is 17.7. The number of unbranched alkanes of at least 4 members (excludes halogenated alkanes) is 15. The molecule has 0 bridgehead atoms. The molecule has 1 fully saturated rings. The molecule has 0 saturated carbocycles. The fourth-order valence-electron chi connectivity index (χ4n) is 5.89. The molecular formula is C38H76N2O5. The van der Waals surface area contributed by atoms with Crippen LogP contribution in [0.5, 0.6) is 0 Å². The fourth-order valence-corrected chi connectivity index (χ4v) is 5.89. The standard InChI is InChI=1S/C38H76N2O5/c1-5-8-11-14-17-20-30-42-33-38(34-43-31-21-18-15-12-9-6-2,35-44-32-22-19-16-13-10-7-3)36-45-37(41)24-23-25-40-28-26-39(4)27-29-40/h5-36H2,1-4H3. The zero-order chi connectivity index (χ0) is 32.7.